The fourth-order valence-corrected chi connectivity index (χ4v) is 4.28. The van der Waals surface area contributed by atoms with E-state index in [0.29, 0.717) is 17.4 Å². The molecule has 1 aliphatic heterocycles. The minimum Gasteiger partial charge on any atom is -0.371 e. The summed E-state index contributed by atoms with van der Waals surface area (Å²) in [6.07, 6.45) is 6.49. The molecule has 3 rings (SSSR count). The molecule has 1 N–H and O–H groups in total. The van der Waals surface area contributed by atoms with Crippen LogP contribution in [0.5, 0.6) is 0 Å². The van der Waals surface area contributed by atoms with E-state index in [1.54, 1.807) is 24.5 Å². The van der Waals surface area contributed by atoms with Crippen molar-refractivity contribution < 1.29 is 8.42 Å². The molecule has 1 fully saturated rings. The lowest BCUT2D eigenvalue weighted by Gasteiger charge is -2.33. The molecular weight excluding hydrogens is 334 g/mol. The second-order valence-electron chi connectivity index (χ2n) is 6.49. The van der Waals surface area contributed by atoms with Gasteiger partial charge in [0.15, 0.2) is 0 Å². The maximum absolute atomic E-state index is 12.4. The number of pyridine rings is 1. The zero-order valence-electron chi connectivity index (χ0n) is 14.6. The molecule has 25 heavy (non-hydrogen) atoms. The Bertz CT molecular complexity index is 768. The van der Waals surface area contributed by atoms with E-state index in [2.05, 4.69) is 21.5 Å². The average Bonchev–Trinajstić information content (AvgIpc) is 2.67. The highest BCUT2D eigenvalue weighted by Gasteiger charge is 2.22. The lowest BCUT2D eigenvalue weighted by molar-refractivity contribution is 0.402. The van der Waals surface area contributed by atoms with E-state index in [9.17, 15) is 8.42 Å². The summed E-state index contributed by atoms with van der Waals surface area (Å²) in [7, 11) is -3.42. The van der Waals surface area contributed by atoms with Crippen molar-refractivity contribution in [3.05, 3.63) is 54.4 Å². The van der Waals surface area contributed by atoms with Crippen molar-refractivity contribution in [1.29, 1.82) is 0 Å². The fourth-order valence-electron chi connectivity index (χ4n) is 3.17. The lowest BCUT2D eigenvalue weighted by atomic mass is 9.97. The third-order valence-corrected chi connectivity index (χ3v) is 6.29. The Morgan fingerprint density at radius 1 is 1.08 bits per heavy atom. The molecule has 0 aliphatic carbocycles. The summed E-state index contributed by atoms with van der Waals surface area (Å²) in [6, 6.07) is 11.2. The van der Waals surface area contributed by atoms with Crippen LogP contribution in [0.4, 0.5) is 5.69 Å². The van der Waals surface area contributed by atoms with Gasteiger partial charge in [0.05, 0.1) is 4.90 Å². The average molecular weight is 359 g/mol. The minimum absolute atomic E-state index is 0.346. The van der Waals surface area contributed by atoms with Crippen LogP contribution < -0.4 is 9.62 Å². The van der Waals surface area contributed by atoms with E-state index in [1.807, 2.05) is 24.3 Å². The van der Waals surface area contributed by atoms with Crippen molar-refractivity contribution in [3.8, 4) is 0 Å². The number of aryl methyl sites for hydroxylation is 1. The van der Waals surface area contributed by atoms with E-state index < -0.39 is 10.0 Å². The van der Waals surface area contributed by atoms with Gasteiger partial charge < -0.3 is 4.90 Å². The second-order valence-corrected chi connectivity index (χ2v) is 8.25. The number of hydrogen-bond donors (Lipinski definition) is 1. The molecule has 0 bridgehead atoms. The van der Waals surface area contributed by atoms with Gasteiger partial charge >= 0.3 is 0 Å². The molecule has 6 heteroatoms. The summed E-state index contributed by atoms with van der Waals surface area (Å²) >= 11 is 0. The van der Waals surface area contributed by atoms with E-state index in [4.69, 9.17) is 0 Å². The maximum Gasteiger partial charge on any atom is 0.240 e. The molecule has 134 valence electrons. The van der Waals surface area contributed by atoms with Crippen molar-refractivity contribution in [2.24, 2.45) is 5.92 Å². The van der Waals surface area contributed by atoms with Gasteiger partial charge in [0.25, 0.3) is 0 Å². The number of benzene rings is 1. The number of anilines is 1. The van der Waals surface area contributed by atoms with Gasteiger partial charge in [-0.1, -0.05) is 19.1 Å². The smallest absolute Gasteiger partial charge is 0.240 e. The number of aromatic nitrogens is 1. The van der Waals surface area contributed by atoms with Crippen molar-refractivity contribution in [3.63, 3.8) is 0 Å². The number of piperidine rings is 1. The van der Waals surface area contributed by atoms with Crippen LogP contribution in [0.3, 0.4) is 0 Å². The molecule has 5 nitrogen and oxygen atoms in total. The van der Waals surface area contributed by atoms with Crippen LogP contribution in [0.2, 0.25) is 0 Å². The Morgan fingerprint density at radius 3 is 2.32 bits per heavy atom. The second kappa shape index (κ2) is 7.97. The summed E-state index contributed by atoms with van der Waals surface area (Å²) in [5, 5.41) is 0. The molecule has 1 aromatic carbocycles. The zero-order chi connectivity index (χ0) is 17.7. The number of sulfonamides is 1. The molecule has 0 amide bonds. The molecular formula is C19H25N3O2S. The van der Waals surface area contributed by atoms with Crippen LogP contribution in [0, 0.1) is 5.92 Å². The number of hydrogen-bond acceptors (Lipinski definition) is 4. The molecule has 0 atom stereocenters. The minimum atomic E-state index is -3.42. The zero-order valence-corrected chi connectivity index (χ0v) is 15.4. The van der Waals surface area contributed by atoms with Gasteiger partial charge in [0.1, 0.15) is 0 Å². The summed E-state index contributed by atoms with van der Waals surface area (Å²) in [5.41, 5.74) is 2.33. The summed E-state index contributed by atoms with van der Waals surface area (Å²) in [6.45, 7) is 4.45. The third kappa shape index (κ3) is 4.58. The van der Waals surface area contributed by atoms with Crippen LogP contribution in [-0.4, -0.2) is 33.0 Å². The SMILES string of the molecule is CCc1ccc(S(=O)(=O)NCC2CCN(c3ccncc3)CC2)cc1. The van der Waals surface area contributed by atoms with Crippen molar-refractivity contribution in [2.45, 2.75) is 31.1 Å². The first-order valence-corrected chi connectivity index (χ1v) is 10.3. The molecule has 2 heterocycles. The van der Waals surface area contributed by atoms with Gasteiger partial charge in [-0.3, -0.25) is 4.98 Å². The molecule has 0 spiro atoms. The number of rotatable bonds is 6. The Labute approximate surface area is 150 Å². The predicted molar refractivity (Wildman–Crippen MR) is 100 cm³/mol. The highest BCUT2D eigenvalue weighted by molar-refractivity contribution is 7.89. The predicted octanol–water partition coefficient (Wildman–Crippen LogP) is 2.84. The molecule has 1 aliphatic rings. The standard InChI is InChI=1S/C19H25N3O2S/c1-2-16-3-5-19(6-4-16)25(23,24)21-15-17-9-13-22(14-10-17)18-7-11-20-12-8-18/h3-8,11-12,17,21H,2,9-10,13-15H2,1H3. The van der Waals surface area contributed by atoms with Gasteiger partial charge in [-0.2, -0.15) is 0 Å². The van der Waals surface area contributed by atoms with E-state index >= 15 is 0 Å². The summed E-state index contributed by atoms with van der Waals surface area (Å²) < 4.78 is 27.6. The molecule has 0 radical (unpaired) electrons. The first kappa shape index (κ1) is 17.9. The largest absolute Gasteiger partial charge is 0.371 e. The van der Waals surface area contributed by atoms with Crippen LogP contribution in [0.15, 0.2) is 53.7 Å². The molecule has 1 saturated heterocycles. The Hall–Kier alpha value is -1.92. The van der Waals surface area contributed by atoms with Crippen LogP contribution >= 0.6 is 0 Å². The Balaban J connectivity index is 1.52. The summed E-state index contributed by atoms with van der Waals surface area (Å²) in [4.78, 5) is 6.72. The van der Waals surface area contributed by atoms with Crippen molar-refractivity contribution in [1.82, 2.24) is 9.71 Å². The monoisotopic (exact) mass is 359 g/mol. The topological polar surface area (TPSA) is 62.3 Å². The highest BCUT2D eigenvalue weighted by atomic mass is 32.2. The third-order valence-electron chi connectivity index (χ3n) is 4.85. The van der Waals surface area contributed by atoms with Gasteiger partial charge in [-0.15, -0.1) is 0 Å². The van der Waals surface area contributed by atoms with E-state index in [0.717, 1.165) is 37.9 Å². The van der Waals surface area contributed by atoms with E-state index in [1.165, 1.54) is 5.69 Å². The van der Waals surface area contributed by atoms with Crippen LogP contribution in [0.25, 0.3) is 0 Å². The van der Waals surface area contributed by atoms with Crippen LogP contribution in [0.1, 0.15) is 25.3 Å². The van der Waals surface area contributed by atoms with E-state index in [-0.39, 0.29) is 0 Å². The first-order valence-electron chi connectivity index (χ1n) is 8.82. The first-order chi connectivity index (χ1) is 12.1. The quantitative estimate of drug-likeness (QED) is 0.861. The lowest BCUT2D eigenvalue weighted by Crippen LogP contribution is -2.38. The van der Waals surface area contributed by atoms with Gasteiger partial charge in [-0.05, 0) is 55.0 Å². The van der Waals surface area contributed by atoms with Crippen LogP contribution in [-0.2, 0) is 16.4 Å². The normalized spacial score (nSPS) is 16.1. The Morgan fingerprint density at radius 2 is 1.72 bits per heavy atom. The van der Waals surface area contributed by atoms with Crippen molar-refractivity contribution in [2.75, 3.05) is 24.5 Å². The maximum atomic E-state index is 12.4. The van der Waals surface area contributed by atoms with Crippen molar-refractivity contribution >= 4 is 15.7 Å². The fraction of sp³-hybridized carbons (Fsp3) is 0.421. The molecule has 0 unspecified atom stereocenters. The number of nitrogens with one attached hydrogen (secondary N) is 1. The van der Waals surface area contributed by atoms with Gasteiger partial charge in [0.2, 0.25) is 10.0 Å². The molecule has 1 aromatic heterocycles. The van der Waals surface area contributed by atoms with Gasteiger partial charge in [0, 0.05) is 37.7 Å². The molecule has 0 saturated carbocycles. The summed E-state index contributed by atoms with van der Waals surface area (Å²) in [5.74, 6) is 0.378. The molecule has 2 aromatic rings. The van der Waals surface area contributed by atoms with Gasteiger partial charge in [-0.25, -0.2) is 13.1 Å². The Kier molecular flexibility index (Phi) is 5.71. The number of nitrogens with zero attached hydrogens (tertiary/aromatic N) is 2. The highest BCUT2D eigenvalue weighted by Crippen LogP contribution is 2.22.